The fourth-order valence-electron chi connectivity index (χ4n) is 5.69. The monoisotopic (exact) mass is 609 g/mol. The second-order valence-corrected chi connectivity index (χ2v) is 12.4. The molecule has 0 saturated carbocycles. The lowest BCUT2D eigenvalue weighted by Crippen LogP contribution is -2.54. The Balaban J connectivity index is 1.28. The van der Waals surface area contributed by atoms with Crippen LogP contribution in [0.25, 0.3) is 10.4 Å². The molecule has 39 heavy (non-hydrogen) atoms. The number of thiazole rings is 1. The fourth-order valence-corrected chi connectivity index (χ4v) is 6.99. The number of ketones is 1. The number of fused-ring (bicyclic) bond motifs is 1. The maximum atomic E-state index is 13.9. The number of hydrogen-bond donors (Lipinski definition) is 1. The number of β-amino-alcohol motifs (C(OH)–C–C–N with tert-alkyl or cyclic N) is 1. The van der Waals surface area contributed by atoms with E-state index in [1.54, 1.807) is 22.3 Å². The lowest BCUT2D eigenvalue weighted by molar-refractivity contribution is -0.142. The van der Waals surface area contributed by atoms with Crippen LogP contribution < -0.4 is 0 Å². The number of carbonyl (C=O) groups excluding carboxylic acids is 3. The van der Waals surface area contributed by atoms with E-state index in [-0.39, 0.29) is 42.9 Å². The van der Waals surface area contributed by atoms with E-state index < -0.39 is 18.2 Å². The van der Waals surface area contributed by atoms with Gasteiger partial charge in [0.1, 0.15) is 6.04 Å². The van der Waals surface area contributed by atoms with Crippen molar-refractivity contribution in [2.45, 2.75) is 64.8 Å². The normalized spacial score (nSPS) is 19.6. The van der Waals surface area contributed by atoms with E-state index in [0.717, 1.165) is 31.7 Å². The molecule has 2 amide bonds. The van der Waals surface area contributed by atoms with E-state index in [2.05, 4.69) is 20.9 Å². The van der Waals surface area contributed by atoms with E-state index in [4.69, 9.17) is 0 Å². The van der Waals surface area contributed by atoms with Gasteiger partial charge in [-0.15, -0.1) is 11.3 Å². The standard InChI is InChI=1S/C30H32BrN3O4S/c1-17(2)27(34-15-23-22(29(34)37)5-4-6-24(23)31)30(38)33-14-21(35)13-25(33)26(36)12-9-19-7-10-20(11-8-19)28-18(3)32-16-39-28/h4-8,10-11,16-17,21,25,27,35H,9,12-15H2,1-3H3/t21-,25+,27+/m1/s1. The molecule has 1 saturated heterocycles. The molecule has 1 fully saturated rings. The zero-order valence-electron chi connectivity index (χ0n) is 22.3. The second kappa shape index (κ2) is 11.3. The number of amides is 2. The van der Waals surface area contributed by atoms with Crippen LogP contribution in [0.15, 0.2) is 52.4 Å². The molecule has 3 heterocycles. The lowest BCUT2D eigenvalue weighted by Gasteiger charge is -2.35. The van der Waals surface area contributed by atoms with Gasteiger partial charge in [-0.25, -0.2) is 4.98 Å². The highest BCUT2D eigenvalue weighted by Crippen LogP contribution is 2.34. The lowest BCUT2D eigenvalue weighted by atomic mass is 9.98. The number of aromatic nitrogens is 1. The summed E-state index contributed by atoms with van der Waals surface area (Å²) in [6, 6.07) is 12.2. The Kier molecular flexibility index (Phi) is 8.03. The highest BCUT2D eigenvalue weighted by molar-refractivity contribution is 9.10. The summed E-state index contributed by atoms with van der Waals surface area (Å²) in [5.74, 6) is -0.688. The summed E-state index contributed by atoms with van der Waals surface area (Å²) in [6.07, 6.45) is 0.279. The zero-order valence-corrected chi connectivity index (χ0v) is 24.7. The van der Waals surface area contributed by atoms with E-state index in [0.29, 0.717) is 18.5 Å². The molecule has 0 aliphatic carbocycles. The summed E-state index contributed by atoms with van der Waals surface area (Å²) < 4.78 is 0.839. The van der Waals surface area contributed by atoms with Gasteiger partial charge in [0.25, 0.3) is 5.91 Å². The van der Waals surface area contributed by atoms with E-state index >= 15 is 0 Å². The number of benzene rings is 2. The highest BCUT2D eigenvalue weighted by atomic mass is 79.9. The van der Waals surface area contributed by atoms with Gasteiger partial charge in [-0.05, 0) is 48.1 Å². The predicted octanol–water partition coefficient (Wildman–Crippen LogP) is 5.03. The molecule has 7 nitrogen and oxygen atoms in total. The van der Waals surface area contributed by atoms with Crippen molar-refractivity contribution in [2.24, 2.45) is 5.92 Å². The van der Waals surface area contributed by atoms with Gasteiger partial charge in [0.15, 0.2) is 5.78 Å². The minimum Gasteiger partial charge on any atom is -0.391 e. The zero-order chi connectivity index (χ0) is 27.8. The smallest absolute Gasteiger partial charge is 0.255 e. The van der Waals surface area contributed by atoms with Crippen molar-refractivity contribution in [2.75, 3.05) is 6.54 Å². The van der Waals surface area contributed by atoms with Crippen molar-refractivity contribution in [1.29, 1.82) is 0 Å². The largest absolute Gasteiger partial charge is 0.391 e. The molecule has 0 spiro atoms. The molecule has 2 aliphatic rings. The topological polar surface area (TPSA) is 90.8 Å². The Morgan fingerprint density at radius 2 is 1.92 bits per heavy atom. The number of likely N-dealkylation sites (tertiary alicyclic amines) is 1. The van der Waals surface area contributed by atoms with Crippen LogP contribution in [0.2, 0.25) is 0 Å². The molecular formula is C30H32BrN3O4S. The molecule has 0 bridgehead atoms. The number of aliphatic hydroxyl groups excluding tert-OH is 1. The van der Waals surface area contributed by atoms with Crippen LogP contribution in [0.3, 0.4) is 0 Å². The van der Waals surface area contributed by atoms with Crippen LogP contribution in [0.1, 0.15) is 53.9 Å². The molecule has 5 rings (SSSR count). The summed E-state index contributed by atoms with van der Waals surface area (Å²) in [5, 5.41) is 10.5. The van der Waals surface area contributed by atoms with Crippen LogP contribution in [0.5, 0.6) is 0 Å². The van der Waals surface area contributed by atoms with Gasteiger partial charge in [-0.3, -0.25) is 14.4 Å². The van der Waals surface area contributed by atoms with Crippen LogP contribution in [0, 0.1) is 12.8 Å². The molecule has 1 N–H and O–H groups in total. The molecule has 3 atom stereocenters. The van der Waals surface area contributed by atoms with E-state index in [1.807, 2.05) is 62.7 Å². The summed E-state index contributed by atoms with van der Waals surface area (Å²) in [5.41, 5.74) is 6.43. The van der Waals surface area contributed by atoms with Crippen molar-refractivity contribution >= 4 is 44.9 Å². The SMILES string of the molecule is Cc1ncsc1-c1ccc(CCC(=O)[C@@H]2C[C@@H](O)CN2C(=O)[C@H](C(C)C)N2Cc3c(Br)cccc3C2=O)cc1. The molecule has 204 valence electrons. The van der Waals surface area contributed by atoms with Crippen LogP contribution in [-0.2, 0) is 22.6 Å². The number of nitrogens with zero attached hydrogens (tertiary/aromatic N) is 3. The third-order valence-electron chi connectivity index (χ3n) is 7.71. The number of aliphatic hydroxyl groups is 1. The number of rotatable bonds is 8. The van der Waals surface area contributed by atoms with Gasteiger partial charge in [0.2, 0.25) is 5.91 Å². The van der Waals surface area contributed by atoms with Crippen molar-refractivity contribution in [3.63, 3.8) is 0 Å². The first kappa shape index (κ1) is 27.7. The minimum absolute atomic E-state index is 0.0661. The third-order valence-corrected chi connectivity index (χ3v) is 9.43. The molecule has 3 aromatic rings. The molecular weight excluding hydrogens is 578 g/mol. The molecule has 2 aromatic carbocycles. The Morgan fingerprint density at radius 3 is 2.56 bits per heavy atom. The number of carbonyl (C=O) groups is 3. The van der Waals surface area contributed by atoms with Gasteiger partial charge < -0.3 is 14.9 Å². The van der Waals surface area contributed by atoms with Gasteiger partial charge >= 0.3 is 0 Å². The van der Waals surface area contributed by atoms with Gasteiger partial charge in [-0.1, -0.05) is 60.1 Å². The van der Waals surface area contributed by atoms with Crippen molar-refractivity contribution in [3.8, 4) is 10.4 Å². The quantitative estimate of drug-likeness (QED) is 0.387. The highest BCUT2D eigenvalue weighted by Gasteiger charge is 2.45. The van der Waals surface area contributed by atoms with E-state index in [1.165, 1.54) is 4.90 Å². The molecule has 0 radical (unpaired) electrons. The molecule has 2 aliphatic heterocycles. The van der Waals surface area contributed by atoms with Crippen LogP contribution in [-0.4, -0.2) is 62.2 Å². The second-order valence-electron chi connectivity index (χ2n) is 10.7. The van der Waals surface area contributed by atoms with Gasteiger partial charge in [0.05, 0.1) is 28.2 Å². The summed E-state index contributed by atoms with van der Waals surface area (Å²) >= 11 is 5.13. The van der Waals surface area contributed by atoms with Crippen molar-refractivity contribution in [3.05, 3.63) is 74.8 Å². The first-order chi connectivity index (χ1) is 18.7. The van der Waals surface area contributed by atoms with Crippen LogP contribution in [0.4, 0.5) is 0 Å². The maximum Gasteiger partial charge on any atom is 0.255 e. The first-order valence-corrected chi connectivity index (χ1v) is 14.9. The predicted molar refractivity (Wildman–Crippen MR) is 154 cm³/mol. The van der Waals surface area contributed by atoms with E-state index in [9.17, 15) is 19.5 Å². The average molecular weight is 611 g/mol. The average Bonchev–Trinajstić information content (AvgIpc) is 3.61. The maximum absolute atomic E-state index is 13.9. The number of hydrogen-bond acceptors (Lipinski definition) is 6. The summed E-state index contributed by atoms with van der Waals surface area (Å²) in [6.45, 7) is 6.24. The summed E-state index contributed by atoms with van der Waals surface area (Å²) in [7, 11) is 0. The molecule has 0 unspecified atom stereocenters. The van der Waals surface area contributed by atoms with Crippen molar-refractivity contribution < 1.29 is 19.5 Å². The van der Waals surface area contributed by atoms with Gasteiger partial charge in [-0.2, -0.15) is 0 Å². The van der Waals surface area contributed by atoms with Gasteiger partial charge in [0, 0.05) is 36.0 Å². The Hall–Kier alpha value is -2.88. The first-order valence-electron chi connectivity index (χ1n) is 13.2. The number of Topliss-reactive ketones (excluding diaryl/α,β-unsaturated/α-hetero) is 1. The molecule has 9 heteroatoms. The minimum atomic E-state index is -0.765. The number of halogens is 1. The van der Waals surface area contributed by atoms with Crippen molar-refractivity contribution in [1.82, 2.24) is 14.8 Å². The Morgan fingerprint density at radius 1 is 1.18 bits per heavy atom. The third kappa shape index (κ3) is 5.44. The van der Waals surface area contributed by atoms with Crippen LogP contribution >= 0.6 is 27.3 Å². The fraction of sp³-hybridized carbons (Fsp3) is 0.400. The summed E-state index contributed by atoms with van der Waals surface area (Å²) in [4.78, 5) is 49.2. The molecule has 1 aromatic heterocycles. The Labute approximate surface area is 241 Å². The number of aryl methyl sites for hydroxylation is 2. The Bertz CT molecular complexity index is 1400.